The topological polar surface area (TPSA) is 63.4 Å². The quantitative estimate of drug-likeness (QED) is 0.881. The summed E-state index contributed by atoms with van der Waals surface area (Å²) in [6, 6.07) is 12.5. The first kappa shape index (κ1) is 13.7. The molecule has 0 saturated heterocycles. The highest BCUT2D eigenvalue weighted by Crippen LogP contribution is 2.36. The standard InChI is InChI=1S/C16H20N4O/c1-21-8-7-13-9-14-15(16(17)19-13)18-11-20(14)10-12-5-3-2-4-6-12/h2-6,9,18H,7-8,10-11H2,1H3,(H2,17,19). The molecule has 0 spiro atoms. The van der Waals surface area contributed by atoms with Crippen LogP contribution in [0.5, 0.6) is 0 Å². The molecule has 0 unspecified atom stereocenters. The Balaban J connectivity index is 1.84. The summed E-state index contributed by atoms with van der Waals surface area (Å²) in [5.74, 6) is 0.564. The molecule has 0 bridgehead atoms. The van der Waals surface area contributed by atoms with Gasteiger partial charge in [-0.1, -0.05) is 30.3 Å². The Hall–Kier alpha value is -2.27. The maximum Gasteiger partial charge on any atom is 0.149 e. The Labute approximate surface area is 124 Å². The van der Waals surface area contributed by atoms with Gasteiger partial charge >= 0.3 is 0 Å². The molecule has 3 rings (SSSR count). The van der Waals surface area contributed by atoms with E-state index in [1.54, 1.807) is 7.11 Å². The number of anilines is 3. The Morgan fingerprint density at radius 1 is 1.33 bits per heavy atom. The van der Waals surface area contributed by atoms with E-state index in [9.17, 15) is 0 Å². The van der Waals surface area contributed by atoms with Crippen LogP contribution in [-0.2, 0) is 17.7 Å². The Morgan fingerprint density at radius 2 is 2.14 bits per heavy atom. The molecular formula is C16H20N4O. The van der Waals surface area contributed by atoms with Crippen molar-refractivity contribution in [3.63, 3.8) is 0 Å². The molecule has 0 saturated carbocycles. The summed E-state index contributed by atoms with van der Waals surface area (Å²) >= 11 is 0. The van der Waals surface area contributed by atoms with E-state index in [0.29, 0.717) is 12.4 Å². The lowest BCUT2D eigenvalue weighted by molar-refractivity contribution is 0.201. The summed E-state index contributed by atoms with van der Waals surface area (Å²) in [5, 5.41) is 3.33. The van der Waals surface area contributed by atoms with E-state index in [0.717, 1.165) is 36.7 Å². The normalized spacial score (nSPS) is 13.1. The number of benzene rings is 1. The fraction of sp³-hybridized carbons (Fsp3) is 0.312. The Kier molecular flexibility index (Phi) is 3.92. The molecule has 1 aromatic heterocycles. The number of nitrogens with two attached hydrogens (primary N) is 1. The van der Waals surface area contributed by atoms with Gasteiger partial charge in [0.1, 0.15) is 11.5 Å². The average molecular weight is 284 g/mol. The van der Waals surface area contributed by atoms with Gasteiger partial charge in [-0.2, -0.15) is 0 Å². The van der Waals surface area contributed by atoms with Crippen molar-refractivity contribution < 1.29 is 4.74 Å². The minimum Gasteiger partial charge on any atom is -0.384 e. The summed E-state index contributed by atoms with van der Waals surface area (Å²) in [6.07, 6.45) is 0.771. The lowest BCUT2D eigenvalue weighted by Gasteiger charge is -2.18. The Morgan fingerprint density at radius 3 is 2.90 bits per heavy atom. The number of nitrogens with one attached hydrogen (secondary N) is 1. The van der Waals surface area contributed by atoms with Gasteiger partial charge in [-0.15, -0.1) is 0 Å². The highest BCUT2D eigenvalue weighted by molar-refractivity contribution is 5.83. The minimum absolute atomic E-state index is 0.564. The van der Waals surface area contributed by atoms with Crippen molar-refractivity contribution in [2.45, 2.75) is 13.0 Å². The van der Waals surface area contributed by atoms with E-state index in [1.807, 2.05) is 6.07 Å². The number of ether oxygens (including phenoxy) is 1. The van der Waals surface area contributed by atoms with Crippen LogP contribution in [0.1, 0.15) is 11.3 Å². The fourth-order valence-corrected chi connectivity index (χ4v) is 2.57. The van der Waals surface area contributed by atoms with E-state index in [2.05, 4.69) is 45.5 Å². The van der Waals surface area contributed by atoms with Gasteiger partial charge in [-0.3, -0.25) is 0 Å². The van der Waals surface area contributed by atoms with Crippen LogP contribution in [0.2, 0.25) is 0 Å². The van der Waals surface area contributed by atoms with E-state index < -0.39 is 0 Å². The fourth-order valence-electron chi connectivity index (χ4n) is 2.57. The zero-order valence-electron chi connectivity index (χ0n) is 12.2. The molecule has 5 nitrogen and oxygen atoms in total. The monoisotopic (exact) mass is 284 g/mol. The van der Waals surface area contributed by atoms with Crippen molar-refractivity contribution in [2.75, 3.05) is 36.3 Å². The van der Waals surface area contributed by atoms with Crippen molar-refractivity contribution in [3.05, 3.63) is 47.7 Å². The predicted octanol–water partition coefficient (Wildman–Crippen LogP) is 2.24. The van der Waals surface area contributed by atoms with Crippen LogP contribution < -0.4 is 16.0 Å². The first-order valence-electron chi connectivity index (χ1n) is 7.09. The van der Waals surface area contributed by atoms with Gasteiger partial charge in [0.05, 0.1) is 19.0 Å². The summed E-state index contributed by atoms with van der Waals surface area (Å²) in [7, 11) is 1.69. The average Bonchev–Trinajstić information content (AvgIpc) is 2.90. The number of hydrogen-bond donors (Lipinski definition) is 2. The number of nitrogens with zero attached hydrogens (tertiary/aromatic N) is 2. The molecule has 1 aromatic carbocycles. The molecule has 1 aliphatic heterocycles. The largest absolute Gasteiger partial charge is 0.384 e. The highest BCUT2D eigenvalue weighted by atomic mass is 16.5. The predicted molar refractivity (Wildman–Crippen MR) is 85.3 cm³/mol. The summed E-state index contributed by atoms with van der Waals surface area (Å²) in [4.78, 5) is 6.71. The van der Waals surface area contributed by atoms with Crippen molar-refractivity contribution in [2.24, 2.45) is 0 Å². The first-order valence-corrected chi connectivity index (χ1v) is 7.09. The minimum atomic E-state index is 0.564. The summed E-state index contributed by atoms with van der Waals surface area (Å²) in [5.41, 5.74) is 10.4. The smallest absolute Gasteiger partial charge is 0.149 e. The maximum absolute atomic E-state index is 6.06. The van der Waals surface area contributed by atoms with Crippen LogP contribution in [0.15, 0.2) is 36.4 Å². The third kappa shape index (κ3) is 2.92. The SMILES string of the molecule is COCCc1cc2c(c(N)n1)NCN2Cc1ccccc1. The summed E-state index contributed by atoms with van der Waals surface area (Å²) in [6.45, 7) is 2.26. The van der Waals surface area contributed by atoms with Crippen molar-refractivity contribution in [1.82, 2.24) is 4.98 Å². The number of rotatable bonds is 5. The van der Waals surface area contributed by atoms with E-state index >= 15 is 0 Å². The zero-order valence-corrected chi connectivity index (χ0v) is 12.2. The second-order valence-electron chi connectivity index (χ2n) is 5.15. The van der Waals surface area contributed by atoms with E-state index in [1.165, 1.54) is 5.56 Å². The number of aromatic nitrogens is 1. The number of nitrogen functional groups attached to an aromatic ring is 1. The molecule has 5 heteroatoms. The van der Waals surface area contributed by atoms with Crippen molar-refractivity contribution in [3.8, 4) is 0 Å². The second kappa shape index (κ2) is 6.01. The Bertz CT molecular complexity index is 615. The van der Waals surface area contributed by atoms with Crippen LogP contribution in [-0.4, -0.2) is 25.4 Å². The van der Waals surface area contributed by atoms with E-state index in [4.69, 9.17) is 10.5 Å². The lowest BCUT2D eigenvalue weighted by Crippen LogP contribution is -2.22. The van der Waals surface area contributed by atoms with Gasteiger partial charge in [0.25, 0.3) is 0 Å². The molecule has 0 fully saturated rings. The maximum atomic E-state index is 6.06. The number of hydrogen-bond acceptors (Lipinski definition) is 5. The third-order valence-electron chi connectivity index (χ3n) is 3.65. The number of pyridine rings is 1. The molecule has 3 N–H and O–H groups in total. The van der Waals surface area contributed by atoms with Crippen LogP contribution in [0.25, 0.3) is 0 Å². The molecule has 0 amide bonds. The second-order valence-corrected chi connectivity index (χ2v) is 5.15. The molecular weight excluding hydrogens is 264 g/mol. The van der Waals surface area contributed by atoms with Crippen LogP contribution >= 0.6 is 0 Å². The summed E-state index contributed by atoms with van der Waals surface area (Å²) < 4.78 is 5.12. The number of fused-ring (bicyclic) bond motifs is 1. The highest BCUT2D eigenvalue weighted by Gasteiger charge is 2.22. The van der Waals surface area contributed by atoms with Crippen molar-refractivity contribution in [1.29, 1.82) is 0 Å². The molecule has 110 valence electrons. The molecule has 21 heavy (non-hydrogen) atoms. The molecule has 1 aliphatic rings. The van der Waals surface area contributed by atoms with Gasteiger partial charge in [0.2, 0.25) is 0 Å². The molecule has 2 aromatic rings. The van der Waals surface area contributed by atoms with Crippen molar-refractivity contribution >= 4 is 17.2 Å². The first-order chi connectivity index (χ1) is 10.3. The van der Waals surface area contributed by atoms with E-state index in [-0.39, 0.29) is 0 Å². The number of methoxy groups -OCH3 is 1. The molecule has 0 aliphatic carbocycles. The molecule has 0 atom stereocenters. The van der Waals surface area contributed by atoms with Gasteiger partial charge < -0.3 is 20.7 Å². The van der Waals surface area contributed by atoms with Gasteiger partial charge in [0.15, 0.2) is 0 Å². The van der Waals surface area contributed by atoms with Crippen LogP contribution in [0.4, 0.5) is 17.2 Å². The van der Waals surface area contributed by atoms with Gasteiger partial charge in [0, 0.05) is 25.8 Å². The lowest BCUT2D eigenvalue weighted by atomic mass is 10.2. The third-order valence-corrected chi connectivity index (χ3v) is 3.65. The zero-order chi connectivity index (χ0) is 14.7. The van der Waals surface area contributed by atoms with Crippen LogP contribution in [0, 0.1) is 0 Å². The van der Waals surface area contributed by atoms with Crippen LogP contribution in [0.3, 0.4) is 0 Å². The molecule has 2 heterocycles. The van der Waals surface area contributed by atoms with Gasteiger partial charge in [-0.05, 0) is 11.6 Å². The van der Waals surface area contributed by atoms with Gasteiger partial charge in [-0.25, -0.2) is 4.98 Å². The molecule has 0 radical (unpaired) electrons.